The zero-order valence-electron chi connectivity index (χ0n) is 13.1. The lowest BCUT2D eigenvalue weighted by molar-refractivity contribution is -0.132. The highest BCUT2D eigenvalue weighted by Crippen LogP contribution is 2.18. The molecule has 0 atom stereocenters. The summed E-state index contributed by atoms with van der Waals surface area (Å²) in [6, 6.07) is 6.98. The summed E-state index contributed by atoms with van der Waals surface area (Å²) in [5.41, 5.74) is 6.27. The molecule has 1 heterocycles. The summed E-state index contributed by atoms with van der Waals surface area (Å²) in [7, 11) is 1.59. The molecule has 22 heavy (non-hydrogen) atoms. The van der Waals surface area contributed by atoms with Crippen molar-refractivity contribution < 1.29 is 14.3 Å². The Morgan fingerprint density at radius 1 is 1.18 bits per heavy atom. The third-order valence-corrected chi connectivity index (χ3v) is 4.28. The number of Topliss-reactive ketones (excluding diaryl/α,β-unsaturated/α-hetero) is 1. The Bertz CT molecular complexity index is 505. The first kappa shape index (κ1) is 16.5. The number of ether oxygens (including phenoxy) is 1. The lowest BCUT2D eigenvalue weighted by atomic mass is 9.96. The summed E-state index contributed by atoms with van der Waals surface area (Å²) in [6.45, 7) is 2.22. The molecule has 120 valence electrons. The minimum Gasteiger partial charge on any atom is -0.497 e. The van der Waals surface area contributed by atoms with Gasteiger partial charge in [0.1, 0.15) is 5.75 Å². The summed E-state index contributed by atoms with van der Waals surface area (Å²) in [6.07, 6.45) is 2.46. The maximum absolute atomic E-state index is 12.2. The van der Waals surface area contributed by atoms with Gasteiger partial charge in [0.2, 0.25) is 5.91 Å². The molecule has 0 saturated carbocycles. The highest BCUT2D eigenvalue weighted by atomic mass is 16.5. The molecule has 1 aromatic rings. The zero-order valence-corrected chi connectivity index (χ0v) is 13.1. The van der Waals surface area contributed by atoms with Gasteiger partial charge in [-0.25, -0.2) is 0 Å². The largest absolute Gasteiger partial charge is 0.497 e. The van der Waals surface area contributed by atoms with Gasteiger partial charge in [-0.05, 0) is 49.6 Å². The number of hydrogen-bond acceptors (Lipinski definition) is 4. The Hall–Kier alpha value is -1.88. The van der Waals surface area contributed by atoms with Gasteiger partial charge >= 0.3 is 0 Å². The van der Waals surface area contributed by atoms with Crippen molar-refractivity contribution in [1.29, 1.82) is 0 Å². The standard InChI is InChI=1S/C17H24N2O3/c1-22-15-4-2-14(3-5-15)16(20)6-7-17(21)19-10-8-13(12-18)9-11-19/h2-5,13H,6-12,18H2,1H3. The number of methoxy groups -OCH3 is 1. The molecule has 1 aliphatic heterocycles. The SMILES string of the molecule is COc1ccc(C(=O)CCC(=O)N2CCC(CN)CC2)cc1. The Balaban J connectivity index is 1.79. The fourth-order valence-electron chi connectivity index (χ4n) is 2.72. The number of amides is 1. The van der Waals surface area contributed by atoms with Crippen LogP contribution in [0.4, 0.5) is 0 Å². The topological polar surface area (TPSA) is 72.6 Å². The molecule has 2 N–H and O–H groups in total. The Morgan fingerprint density at radius 2 is 1.82 bits per heavy atom. The van der Waals surface area contributed by atoms with Crippen LogP contribution < -0.4 is 10.5 Å². The van der Waals surface area contributed by atoms with Crippen molar-refractivity contribution in [1.82, 2.24) is 4.90 Å². The van der Waals surface area contributed by atoms with E-state index in [0.29, 0.717) is 18.0 Å². The fourth-order valence-corrected chi connectivity index (χ4v) is 2.72. The third-order valence-electron chi connectivity index (χ3n) is 4.28. The normalized spacial score (nSPS) is 15.6. The molecule has 1 saturated heterocycles. The van der Waals surface area contributed by atoms with Crippen LogP contribution in [0.5, 0.6) is 5.75 Å². The summed E-state index contributed by atoms with van der Waals surface area (Å²) < 4.78 is 5.06. The second-order valence-corrected chi connectivity index (χ2v) is 5.71. The van der Waals surface area contributed by atoms with Gasteiger partial charge in [-0.15, -0.1) is 0 Å². The molecule has 5 nitrogen and oxygen atoms in total. The van der Waals surface area contributed by atoms with Crippen LogP contribution in [0.15, 0.2) is 24.3 Å². The van der Waals surface area contributed by atoms with E-state index >= 15 is 0 Å². The molecule has 0 aromatic heterocycles. The van der Waals surface area contributed by atoms with E-state index < -0.39 is 0 Å². The first-order chi connectivity index (χ1) is 10.6. The van der Waals surface area contributed by atoms with Crippen LogP contribution in [0.1, 0.15) is 36.0 Å². The summed E-state index contributed by atoms with van der Waals surface area (Å²) in [5, 5.41) is 0. The van der Waals surface area contributed by atoms with Crippen molar-refractivity contribution in [3.63, 3.8) is 0 Å². The molecular formula is C17H24N2O3. The van der Waals surface area contributed by atoms with Gasteiger partial charge in [0, 0.05) is 31.5 Å². The summed E-state index contributed by atoms with van der Waals surface area (Å²) in [4.78, 5) is 26.1. The smallest absolute Gasteiger partial charge is 0.223 e. The van der Waals surface area contributed by atoms with E-state index in [1.807, 2.05) is 4.90 Å². The van der Waals surface area contributed by atoms with Gasteiger partial charge in [-0.1, -0.05) is 0 Å². The Kier molecular flexibility index (Phi) is 5.95. The number of piperidine rings is 1. The predicted octanol–water partition coefficient (Wildman–Crippen LogP) is 1.86. The lowest BCUT2D eigenvalue weighted by Crippen LogP contribution is -2.40. The molecule has 1 aromatic carbocycles. The summed E-state index contributed by atoms with van der Waals surface area (Å²) in [5.74, 6) is 1.31. The molecule has 0 spiro atoms. The van der Waals surface area contributed by atoms with Crippen LogP contribution >= 0.6 is 0 Å². The van der Waals surface area contributed by atoms with Crippen LogP contribution in [0.25, 0.3) is 0 Å². The predicted molar refractivity (Wildman–Crippen MR) is 84.9 cm³/mol. The van der Waals surface area contributed by atoms with E-state index in [1.54, 1.807) is 31.4 Å². The van der Waals surface area contributed by atoms with Gasteiger partial charge in [0.15, 0.2) is 5.78 Å². The Morgan fingerprint density at radius 3 is 2.36 bits per heavy atom. The number of nitrogens with zero attached hydrogens (tertiary/aromatic N) is 1. The van der Waals surface area contributed by atoms with E-state index in [4.69, 9.17) is 10.5 Å². The van der Waals surface area contributed by atoms with Gasteiger partial charge in [0.25, 0.3) is 0 Å². The number of rotatable bonds is 6. The summed E-state index contributed by atoms with van der Waals surface area (Å²) >= 11 is 0. The number of nitrogens with two attached hydrogens (primary N) is 1. The maximum Gasteiger partial charge on any atom is 0.223 e. The fraction of sp³-hybridized carbons (Fsp3) is 0.529. The van der Waals surface area contributed by atoms with Crippen LogP contribution in [-0.2, 0) is 4.79 Å². The van der Waals surface area contributed by atoms with Gasteiger partial charge < -0.3 is 15.4 Å². The van der Waals surface area contributed by atoms with E-state index in [-0.39, 0.29) is 24.5 Å². The molecule has 5 heteroatoms. The first-order valence-electron chi connectivity index (χ1n) is 7.79. The number of likely N-dealkylation sites (tertiary alicyclic amines) is 1. The van der Waals surface area contributed by atoms with Gasteiger partial charge in [-0.2, -0.15) is 0 Å². The molecule has 0 aliphatic carbocycles. The maximum atomic E-state index is 12.2. The average molecular weight is 304 g/mol. The Labute approximate surface area is 131 Å². The van der Waals surface area contributed by atoms with Crippen LogP contribution in [0.2, 0.25) is 0 Å². The number of carbonyl (C=O) groups excluding carboxylic acids is 2. The van der Waals surface area contributed by atoms with E-state index in [2.05, 4.69) is 0 Å². The lowest BCUT2D eigenvalue weighted by Gasteiger charge is -2.31. The molecule has 0 bridgehead atoms. The molecule has 1 fully saturated rings. The average Bonchev–Trinajstić information content (AvgIpc) is 2.59. The number of carbonyl (C=O) groups is 2. The van der Waals surface area contributed by atoms with Crippen molar-refractivity contribution in [3.05, 3.63) is 29.8 Å². The number of hydrogen-bond donors (Lipinski definition) is 1. The number of ketones is 1. The van der Waals surface area contributed by atoms with Crippen LogP contribution in [-0.4, -0.2) is 43.3 Å². The molecular weight excluding hydrogens is 280 g/mol. The molecule has 1 aliphatic rings. The highest BCUT2D eigenvalue weighted by Gasteiger charge is 2.22. The molecule has 0 unspecified atom stereocenters. The van der Waals surface area contributed by atoms with Crippen LogP contribution in [0.3, 0.4) is 0 Å². The van der Waals surface area contributed by atoms with Gasteiger partial charge in [-0.3, -0.25) is 9.59 Å². The van der Waals surface area contributed by atoms with E-state index in [9.17, 15) is 9.59 Å². The number of benzene rings is 1. The second-order valence-electron chi connectivity index (χ2n) is 5.71. The van der Waals surface area contributed by atoms with E-state index in [0.717, 1.165) is 31.7 Å². The highest BCUT2D eigenvalue weighted by molar-refractivity contribution is 5.98. The molecule has 2 rings (SSSR count). The zero-order chi connectivity index (χ0) is 15.9. The van der Waals surface area contributed by atoms with E-state index in [1.165, 1.54) is 0 Å². The molecule has 1 amide bonds. The molecule has 0 radical (unpaired) electrons. The van der Waals surface area contributed by atoms with Crippen molar-refractivity contribution in [2.45, 2.75) is 25.7 Å². The van der Waals surface area contributed by atoms with Crippen molar-refractivity contribution in [2.24, 2.45) is 11.7 Å². The quantitative estimate of drug-likeness (QED) is 0.814. The first-order valence-corrected chi connectivity index (χ1v) is 7.79. The second kappa shape index (κ2) is 7.94. The van der Waals surface area contributed by atoms with Crippen molar-refractivity contribution >= 4 is 11.7 Å². The minimum atomic E-state index is -0.00662. The monoisotopic (exact) mass is 304 g/mol. The van der Waals surface area contributed by atoms with Crippen LogP contribution in [0, 0.1) is 5.92 Å². The van der Waals surface area contributed by atoms with Crippen molar-refractivity contribution in [2.75, 3.05) is 26.7 Å². The van der Waals surface area contributed by atoms with Crippen molar-refractivity contribution in [3.8, 4) is 5.75 Å². The minimum absolute atomic E-state index is 0.00662. The third kappa shape index (κ3) is 4.31. The van der Waals surface area contributed by atoms with Gasteiger partial charge in [0.05, 0.1) is 7.11 Å².